The van der Waals surface area contributed by atoms with E-state index in [0.29, 0.717) is 12.2 Å². The number of hydrogen-bond acceptors (Lipinski definition) is 3. The highest BCUT2D eigenvalue weighted by Crippen LogP contribution is 2.41. The van der Waals surface area contributed by atoms with Crippen LogP contribution in [0.1, 0.15) is 25.7 Å². The Kier molecular flexibility index (Phi) is 3.50. The quantitative estimate of drug-likeness (QED) is 0.536. The van der Waals surface area contributed by atoms with Gasteiger partial charge < -0.3 is 13.6 Å². The minimum absolute atomic E-state index is 0.599. The molecule has 2 fully saturated rings. The summed E-state index contributed by atoms with van der Waals surface area (Å²) in [6, 6.07) is 1.11. The Bertz CT molecular complexity index is 218. The van der Waals surface area contributed by atoms with Crippen LogP contribution in [0.15, 0.2) is 0 Å². The summed E-state index contributed by atoms with van der Waals surface area (Å²) in [5.74, 6) is 0.839. The molecule has 0 N–H and O–H groups in total. The first kappa shape index (κ1) is 11.6. The molecule has 0 aromatic rings. The average molecular weight is 230 g/mol. The Morgan fingerprint density at radius 1 is 1.20 bits per heavy atom. The molecular formula is C11H22O3Si. The highest BCUT2D eigenvalue weighted by molar-refractivity contribution is 6.65. The van der Waals surface area contributed by atoms with E-state index in [1.54, 1.807) is 14.2 Å². The van der Waals surface area contributed by atoms with Crippen LogP contribution in [-0.2, 0) is 13.6 Å². The summed E-state index contributed by atoms with van der Waals surface area (Å²) in [7, 11) is 1.72. The van der Waals surface area contributed by atoms with E-state index < -0.39 is 8.56 Å². The van der Waals surface area contributed by atoms with Gasteiger partial charge in [0.15, 0.2) is 0 Å². The van der Waals surface area contributed by atoms with E-state index >= 15 is 0 Å². The van der Waals surface area contributed by atoms with Gasteiger partial charge in [-0.15, -0.1) is 0 Å². The van der Waals surface area contributed by atoms with Crippen molar-refractivity contribution in [2.45, 2.75) is 50.5 Å². The molecule has 1 heterocycles. The van der Waals surface area contributed by atoms with E-state index in [2.05, 4.69) is 6.55 Å². The number of ether oxygens (including phenoxy) is 1. The zero-order valence-electron chi connectivity index (χ0n) is 9.99. The molecule has 0 aromatic carbocycles. The van der Waals surface area contributed by atoms with Crippen molar-refractivity contribution in [3.8, 4) is 0 Å². The first-order valence-corrected chi connectivity index (χ1v) is 8.45. The van der Waals surface area contributed by atoms with Gasteiger partial charge in [0.1, 0.15) is 0 Å². The molecule has 1 saturated carbocycles. The molecule has 0 radical (unpaired) electrons. The maximum Gasteiger partial charge on any atom is 0.334 e. The van der Waals surface area contributed by atoms with Crippen LogP contribution in [0.5, 0.6) is 0 Å². The number of epoxide rings is 1. The first-order chi connectivity index (χ1) is 7.17. The van der Waals surface area contributed by atoms with Gasteiger partial charge in [0.2, 0.25) is 0 Å². The third-order valence-corrected chi connectivity index (χ3v) is 6.91. The van der Waals surface area contributed by atoms with Crippen molar-refractivity contribution in [3.63, 3.8) is 0 Å². The molecule has 4 heteroatoms. The van der Waals surface area contributed by atoms with Gasteiger partial charge >= 0.3 is 8.56 Å². The van der Waals surface area contributed by atoms with Gasteiger partial charge in [0.05, 0.1) is 12.2 Å². The Morgan fingerprint density at radius 3 is 2.53 bits per heavy atom. The van der Waals surface area contributed by atoms with E-state index in [9.17, 15) is 0 Å². The maximum absolute atomic E-state index is 5.54. The Balaban J connectivity index is 1.72. The van der Waals surface area contributed by atoms with Crippen LogP contribution in [-0.4, -0.2) is 35.0 Å². The monoisotopic (exact) mass is 230 g/mol. The van der Waals surface area contributed by atoms with Crippen molar-refractivity contribution in [1.82, 2.24) is 0 Å². The molecular weight excluding hydrogens is 208 g/mol. The van der Waals surface area contributed by atoms with Crippen molar-refractivity contribution in [3.05, 3.63) is 0 Å². The molecule has 0 aromatic heterocycles. The predicted octanol–water partition coefficient (Wildman–Crippen LogP) is 2.31. The smallest absolute Gasteiger partial charge is 0.334 e. The number of rotatable bonds is 5. The second-order valence-corrected chi connectivity index (χ2v) is 8.56. The van der Waals surface area contributed by atoms with Gasteiger partial charge in [0, 0.05) is 14.2 Å². The van der Waals surface area contributed by atoms with Crippen molar-refractivity contribution >= 4 is 8.56 Å². The van der Waals surface area contributed by atoms with Crippen LogP contribution in [0.4, 0.5) is 0 Å². The third kappa shape index (κ3) is 2.81. The molecule has 1 aliphatic heterocycles. The SMILES string of the molecule is CO[Si](C)(CC[C@@H]1CC[C@H]2O[C@@H]2C1)OC. The summed E-state index contributed by atoms with van der Waals surface area (Å²) in [5.41, 5.74) is 0. The highest BCUT2D eigenvalue weighted by atomic mass is 28.4. The number of fused-ring (bicyclic) bond motifs is 1. The fraction of sp³-hybridized carbons (Fsp3) is 1.00. The van der Waals surface area contributed by atoms with Crippen LogP contribution in [0, 0.1) is 5.92 Å². The molecule has 0 amide bonds. The van der Waals surface area contributed by atoms with Gasteiger partial charge in [-0.25, -0.2) is 0 Å². The highest BCUT2D eigenvalue weighted by Gasteiger charge is 2.44. The minimum Gasteiger partial charge on any atom is -0.398 e. The molecule has 3 nitrogen and oxygen atoms in total. The first-order valence-electron chi connectivity index (χ1n) is 5.92. The van der Waals surface area contributed by atoms with Crippen molar-refractivity contribution in [1.29, 1.82) is 0 Å². The van der Waals surface area contributed by atoms with Crippen LogP contribution in [0.25, 0.3) is 0 Å². The maximum atomic E-state index is 5.54. The summed E-state index contributed by atoms with van der Waals surface area (Å²) in [4.78, 5) is 0. The summed E-state index contributed by atoms with van der Waals surface area (Å²) in [6.07, 6.45) is 6.34. The molecule has 1 saturated heterocycles. The lowest BCUT2D eigenvalue weighted by molar-refractivity contribution is 0.242. The van der Waals surface area contributed by atoms with E-state index in [4.69, 9.17) is 13.6 Å². The van der Waals surface area contributed by atoms with Gasteiger partial charge in [-0.05, 0) is 44.2 Å². The van der Waals surface area contributed by atoms with Crippen LogP contribution in [0.2, 0.25) is 12.6 Å². The molecule has 15 heavy (non-hydrogen) atoms. The molecule has 1 aliphatic carbocycles. The van der Waals surface area contributed by atoms with Gasteiger partial charge in [-0.2, -0.15) is 0 Å². The molecule has 0 spiro atoms. The Hall–Kier alpha value is 0.0969. The van der Waals surface area contributed by atoms with Gasteiger partial charge in [-0.3, -0.25) is 0 Å². The molecule has 3 atom stereocenters. The van der Waals surface area contributed by atoms with Gasteiger partial charge in [0.25, 0.3) is 0 Å². The van der Waals surface area contributed by atoms with E-state index in [1.807, 2.05) is 0 Å². The summed E-state index contributed by atoms with van der Waals surface area (Å²) < 4.78 is 16.5. The largest absolute Gasteiger partial charge is 0.398 e. The van der Waals surface area contributed by atoms with Crippen LogP contribution >= 0.6 is 0 Å². The zero-order chi connectivity index (χ0) is 10.9. The van der Waals surface area contributed by atoms with Crippen LogP contribution in [0.3, 0.4) is 0 Å². The van der Waals surface area contributed by atoms with E-state index in [1.165, 1.54) is 25.7 Å². The topological polar surface area (TPSA) is 31.0 Å². The second kappa shape index (κ2) is 4.53. The summed E-state index contributed by atoms with van der Waals surface area (Å²) in [6.45, 7) is 2.15. The standard InChI is InChI=1S/C11H22O3Si/c1-12-15(3,13-2)7-6-9-4-5-10-11(8-9)14-10/h9-11H,4-8H2,1-3H3/t9-,10+,11+/m0/s1. The fourth-order valence-corrected chi connectivity index (χ4v) is 4.01. The lowest BCUT2D eigenvalue weighted by Crippen LogP contribution is -2.36. The molecule has 88 valence electrons. The van der Waals surface area contributed by atoms with Crippen molar-refractivity contribution in [2.24, 2.45) is 5.92 Å². The van der Waals surface area contributed by atoms with E-state index in [0.717, 1.165) is 12.0 Å². The van der Waals surface area contributed by atoms with E-state index in [-0.39, 0.29) is 0 Å². The number of hydrogen-bond donors (Lipinski definition) is 0. The third-order valence-electron chi connectivity index (χ3n) is 3.98. The predicted molar refractivity (Wildman–Crippen MR) is 61.1 cm³/mol. The Morgan fingerprint density at radius 2 is 1.93 bits per heavy atom. The van der Waals surface area contributed by atoms with Gasteiger partial charge in [-0.1, -0.05) is 0 Å². The summed E-state index contributed by atoms with van der Waals surface area (Å²) in [5, 5.41) is 0. The Labute approximate surface area is 93.3 Å². The van der Waals surface area contributed by atoms with Crippen molar-refractivity contribution < 1.29 is 13.6 Å². The second-order valence-electron chi connectivity index (χ2n) is 4.97. The normalized spacial score (nSPS) is 35.0. The molecule has 0 unspecified atom stereocenters. The fourth-order valence-electron chi connectivity index (χ4n) is 2.50. The molecule has 0 bridgehead atoms. The average Bonchev–Trinajstić information content (AvgIpc) is 3.04. The van der Waals surface area contributed by atoms with Crippen molar-refractivity contribution in [2.75, 3.05) is 14.2 Å². The zero-order valence-corrected chi connectivity index (χ0v) is 11.0. The molecule has 2 rings (SSSR count). The molecule has 2 aliphatic rings. The van der Waals surface area contributed by atoms with Crippen LogP contribution < -0.4 is 0 Å². The lowest BCUT2D eigenvalue weighted by Gasteiger charge is -2.26. The summed E-state index contributed by atoms with van der Waals surface area (Å²) >= 11 is 0. The lowest BCUT2D eigenvalue weighted by atomic mass is 9.88. The minimum atomic E-state index is -1.83.